The Morgan fingerprint density at radius 3 is 2.31 bits per heavy atom. The molecular formula is C19H27NO6. The minimum absolute atomic E-state index is 0.188. The minimum atomic E-state index is -1.28. The molecule has 1 atom stereocenters. The predicted molar refractivity (Wildman–Crippen MR) is 95.1 cm³/mol. The first kappa shape index (κ1) is 21.6. The highest BCUT2D eigenvalue weighted by Gasteiger charge is 2.36. The smallest absolute Gasteiger partial charge is 0.331 e. The average Bonchev–Trinajstić information content (AvgIpc) is 2.60. The molecule has 0 saturated heterocycles. The van der Waals surface area contributed by atoms with Crippen LogP contribution in [0.5, 0.6) is 0 Å². The number of amides is 1. The molecule has 1 aromatic carbocycles. The summed E-state index contributed by atoms with van der Waals surface area (Å²) in [6.45, 7) is 5.91. The molecule has 1 aromatic rings. The highest BCUT2D eigenvalue weighted by molar-refractivity contribution is 5.97. The molecular weight excluding hydrogens is 338 g/mol. The van der Waals surface area contributed by atoms with Gasteiger partial charge in [0.15, 0.2) is 0 Å². The van der Waals surface area contributed by atoms with Gasteiger partial charge in [-0.2, -0.15) is 0 Å². The fourth-order valence-electron chi connectivity index (χ4n) is 2.24. The number of esters is 2. The van der Waals surface area contributed by atoms with E-state index in [4.69, 9.17) is 14.2 Å². The van der Waals surface area contributed by atoms with Gasteiger partial charge in [-0.3, -0.25) is 9.59 Å². The van der Waals surface area contributed by atoms with Crippen LogP contribution in [0.15, 0.2) is 30.3 Å². The summed E-state index contributed by atoms with van der Waals surface area (Å²) in [4.78, 5) is 35.7. The van der Waals surface area contributed by atoms with Crippen LogP contribution in [0.4, 0.5) is 0 Å². The lowest BCUT2D eigenvalue weighted by Crippen LogP contribution is -2.54. The molecule has 0 heterocycles. The van der Waals surface area contributed by atoms with Crippen LogP contribution in [0.3, 0.4) is 0 Å². The normalized spacial score (nSPS) is 12.7. The summed E-state index contributed by atoms with van der Waals surface area (Å²) >= 11 is 0. The van der Waals surface area contributed by atoms with Crippen LogP contribution in [0.2, 0.25) is 0 Å². The SMILES string of the molecule is CCOC(=O)CC(=O)NC(C)(CCOCc1ccccc1)C(=O)OCC. The monoisotopic (exact) mass is 365 g/mol. The lowest BCUT2D eigenvalue weighted by Gasteiger charge is -2.28. The summed E-state index contributed by atoms with van der Waals surface area (Å²) in [6.07, 6.45) is -0.235. The van der Waals surface area contributed by atoms with Crippen LogP contribution in [0.25, 0.3) is 0 Å². The number of carbonyl (C=O) groups is 3. The van der Waals surface area contributed by atoms with Gasteiger partial charge in [-0.1, -0.05) is 30.3 Å². The van der Waals surface area contributed by atoms with Gasteiger partial charge in [0.25, 0.3) is 0 Å². The maximum absolute atomic E-state index is 12.3. The van der Waals surface area contributed by atoms with E-state index in [2.05, 4.69) is 5.32 Å². The van der Waals surface area contributed by atoms with E-state index < -0.39 is 29.8 Å². The fraction of sp³-hybridized carbons (Fsp3) is 0.526. The first-order chi connectivity index (χ1) is 12.4. The van der Waals surface area contributed by atoms with E-state index in [1.807, 2.05) is 30.3 Å². The van der Waals surface area contributed by atoms with Crippen molar-refractivity contribution in [2.75, 3.05) is 19.8 Å². The van der Waals surface area contributed by atoms with Crippen LogP contribution in [-0.4, -0.2) is 43.2 Å². The summed E-state index contributed by atoms with van der Waals surface area (Å²) in [5.74, 6) is -1.81. The van der Waals surface area contributed by atoms with E-state index in [0.29, 0.717) is 6.61 Å². The molecule has 144 valence electrons. The summed E-state index contributed by atoms with van der Waals surface area (Å²) in [5, 5.41) is 2.57. The third-order valence-corrected chi connectivity index (χ3v) is 3.61. The molecule has 0 aliphatic heterocycles. The molecule has 0 aliphatic rings. The number of nitrogens with one attached hydrogen (secondary N) is 1. The summed E-state index contributed by atoms with van der Waals surface area (Å²) < 4.78 is 15.4. The Hall–Kier alpha value is -2.41. The molecule has 7 heteroatoms. The Morgan fingerprint density at radius 2 is 1.69 bits per heavy atom. The van der Waals surface area contributed by atoms with E-state index in [9.17, 15) is 14.4 Å². The number of hydrogen-bond acceptors (Lipinski definition) is 6. The van der Waals surface area contributed by atoms with Crippen molar-refractivity contribution >= 4 is 17.8 Å². The molecule has 1 N–H and O–H groups in total. The van der Waals surface area contributed by atoms with Gasteiger partial charge >= 0.3 is 11.9 Å². The van der Waals surface area contributed by atoms with Crippen LogP contribution in [0, 0.1) is 0 Å². The largest absolute Gasteiger partial charge is 0.466 e. The lowest BCUT2D eigenvalue weighted by atomic mass is 9.98. The third kappa shape index (κ3) is 7.65. The molecule has 0 aliphatic carbocycles. The lowest BCUT2D eigenvalue weighted by molar-refractivity contribution is -0.155. The first-order valence-electron chi connectivity index (χ1n) is 8.66. The average molecular weight is 365 g/mol. The van der Waals surface area contributed by atoms with Crippen molar-refractivity contribution in [3.63, 3.8) is 0 Å². The highest BCUT2D eigenvalue weighted by atomic mass is 16.5. The molecule has 0 spiro atoms. The van der Waals surface area contributed by atoms with E-state index in [1.54, 1.807) is 20.8 Å². The van der Waals surface area contributed by atoms with Gasteiger partial charge < -0.3 is 19.5 Å². The number of rotatable bonds is 11. The van der Waals surface area contributed by atoms with Gasteiger partial charge in [0.2, 0.25) is 5.91 Å². The van der Waals surface area contributed by atoms with Crippen molar-refractivity contribution in [1.29, 1.82) is 0 Å². The second-order valence-corrected chi connectivity index (χ2v) is 5.87. The van der Waals surface area contributed by atoms with Gasteiger partial charge in [-0.05, 0) is 26.3 Å². The zero-order chi connectivity index (χ0) is 19.4. The Morgan fingerprint density at radius 1 is 1.04 bits per heavy atom. The van der Waals surface area contributed by atoms with E-state index in [-0.39, 0.29) is 26.2 Å². The Kier molecular flexibility index (Phi) is 9.36. The Labute approximate surface area is 154 Å². The molecule has 1 rings (SSSR count). The third-order valence-electron chi connectivity index (χ3n) is 3.61. The Balaban J connectivity index is 2.59. The second kappa shape index (κ2) is 11.3. The number of carbonyl (C=O) groups excluding carboxylic acids is 3. The Bertz CT molecular complexity index is 589. The quantitative estimate of drug-likeness (QED) is 0.366. The number of ether oxygens (including phenoxy) is 3. The number of hydrogen-bond donors (Lipinski definition) is 1. The van der Waals surface area contributed by atoms with Crippen molar-refractivity contribution in [2.45, 2.75) is 45.8 Å². The van der Waals surface area contributed by atoms with Gasteiger partial charge in [0.1, 0.15) is 12.0 Å². The molecule has 0 bridgehead atoms. The van der Waals surface area contributed by atoms with Crippen molar-refractivity contribution in [1.82, 2.24) is 5.32 Å². The van der Waals surface area contributed by atoms with E-state index in [0.717, 1.165) is 5.56 Å². The summed E-state index contributed by atoms with van der Waals surface area (Å²) in [5.41, 5.74) is -0.271. The van der Waals surface area contributed by atoms with Gasteiger partial charge in [0.05, 0.1) is 19.8 Å². The summed E-state index contributed by atoms with van der Waals surface area (Å²) in [6, 6.07) is 9.62. The van der Waals surface area contributed by atoms with Crippen molar-refractivity contribution in [3.05, 3.63) is 35.9 Å². The number of benzene rings is 1. The van der Waals surface area contributed by atoms with Crippen LogP contribution < -0.4 is 5.32 Å². The zero-order valence-corrected chi connectivity index (χ0v) is 15.6. The topological polar surface area (TPSA) is 90.9 Å². The maximum Gasteiger partial charge on any atom is 0.331 e. The van der Waals surface area contributed by atoms with E-state index >= 15 is 0 Å². The summed E-state index contributed by atoms with van der Waals surface area (Å²) in [7, 11) is 0. The molecule has 1 amide bonds. The van der Waals surface area contributed by atoms with Crippen LogP contribution in [0.1, 0.15) is 39.2 Å². The second-order valence-electron chi connectivity index (χ2n) is 5.87. The van der Waals surface area contributed by atoms with E-state index in [1.165, 1.54) is 0 Å². The van der Waals surface area contributed by atoms with Gasteiger partial charge in [-0.15, -0.1) is 0 Å². The zero-order valence-electron chi connectivity index (χ0n) is 15.6. The van der Waals surface area contributed by atoms with Gasteiger partial charge in [-0.25, -0.2) is 4.79 Å². The maximum atomic E-state index is 12.3. The first-order valence-corrected chi connectivity index (χ1v) is 8.66. The molecule has 0 aromatic heterocycles. The van der Waals surface area contributed by atoms with Crippen molar-refractivity contribution in [3.8, 4) is 0 Å². The molecule has 0 fully saturated rings. The van der Waals surface area contributed by atoms with Crippen molar-refractivity contribution < 1.29 is 28.6 Å². The van der Waals surface area contributed by atoms with Crippen LogP contribution >= 0.6 is 0 Å². The molecule has 1 unspecified atom stereocenters. The standard InChI is InChI=1S/C19H27NO6/c1-4-25-17(22)13-16(21)20-19(3,18(23)26-5-2)11-12-24-14-15-9-7-6-8-10-15/h6-10H,4-5,11-14H2,1-3H3,(H,20,21). The van der Waals surface area contributed by atoms with Crippen molar-refractivity contribution in [2.24, 2.45) is 0 Å². The van der Waals surface area contributed by atoms with Gasteiger partial charge in [0, 0.05) is 13.0 Å². The highest BCUT2D eigenvalue weighted by Crippen LogP contribution is 2.14. The molecule has 7 nitrogen and oxygen atoms in total. The molecule has 26 heavy (non-hydrogen) atoms. The molecule has 0 radical (unpaired) electrons. The van der Waals surface area contributed by atoms with Crippen LogP contribution in [-0.2, 0) is 35.2 Å². The molecule has 0 saturated carbocycles. The fourth-order valence-corrected chi connectivity index (χ4v) is 2.24. The predicted octanol–water partition coefficient (Wildman–Crippen LogP) is 1.98. The minimum Gasteiger partial charge on any atom is -0.466 e.